The fourth-order valence-corrected chi connectivity index (χ4v) is 2.69. The normalized spacial score (nSPS) is 17.0. The minimum absolute atomic E-state index is 0.124. The van der Waals surface area contributed by atoms with E-state index in [1.54, 1.807) is 12.1 Å². The van der Waals surface area contributed by atoms with E-state index in [-0.39, 0.29) is 12.0 Å². The molecule has 0 unspecified atom stereocenters. The number of nitrogens with zero attached hydrogens (tertiary/aromatic N) is 1. The lowest BCUT2D eigenvalue weighted by Crippen LogP contribution is -2.39. The Bertz CT molecular complexity index is 761. The summed E-state index contributed by atoms with van der Waals surface area (Å²) in [6.45, 7) is 2.02. The van der Waals surface area contributed by atoms with Crippen molar-refractivity contribution in [3.05, 3.63) is 59.7 Å². The number of ether oxygens (including phenoxy) is 2. The Balaban J connectivity index is 1.81. The van der Waals surface area contributed by atoms with Crippen LogP contribution in [0, 0.1) is 11.3 Å². The van der Waals surface area contributed by atoms with Crippen LogP contribution >= 0.6 is 0 Å². The van der Waals surface area contributed by atoms with Gasteiger partial charge in [0.15, 0.2) is 0 Å². The average molecular weight is 322 g/mol. The van der Waals surface area contributed by atoms with Gasteiger partial charge in [-0.15, -0.1) is 0 Å². The maximum Gasteiger partial charge on any atom is 0.252 e. The number of rotatable bonds is 4. The summed E-state index contributed by atoms with van der Waals surface area (Å²) in [7, 11) is 0. The first-order chi connectivity index (χ1) is 11.8. The molecule has 1 atom stereocenters. The van der Waals surface area contributed by atoms with Crippen molar-refractivity contribution in [3.8, 4) is 17.2 Å². The van der Waals surface area contributed by atoms with Crippen molar-refractivity contribution < 1.29 is 14.3 Å². The van der Waals surface area contributed by atoms with E-state index in [2.05, 4.69) is 11.4 Å². The Morgan fingerprint density at radius 2 is 1.88 bits per heavy atom. The van der Waals surface area contributed by atoms with E-state index in [1.807, 2.05) is 36.4 Å². The first-order valence-corrected chi connectivity index (χ1v) is 7.85. The highest BCUT2D eigenvalue weighted by Crippen LogP contribution is 2.26. The number of amides is 1. The SMILES string of the molecule is N#Cc1ccccc1-c1ccccc1C(=O)NC[C@@H]1COCCO1. The van der Waals surface area contributed by atoms with Gasteiger partial charge in [-0.1, -0.05) is 36.4 Å². The number of carbonyl (C=O) groups excluding carboxylic acids is 1. The molecule has 0 aliphatic carbocycles. The van der Waals surface area contributed by atoms with E-state index in [9.17, 15) is 10.1 Å². The summed E-state index contributed by atoms with van der Waals surface area (Å²) in [5.74, 6) is -0.187. The molecule has 1 amide bonds. The molecule has 0 aromatic heterocycles. The summed E-state index contributed by atoms with van der Waals surface area (Å²) >= 11 is 0. The first-order valence-electron chi connectivity index (χ1n) is 7.85. The van der Waals surface area contributed by atoms with Crippen molar-refractivity contribution in [3.63, 3.8) is 0 Å². The quantitative estimate of drug-likeness (QED) is 0.938. The van der Waals surface area contributed by atoms with Crippen LogP contribution < -0.4 is 5.32 Å². The molecule has 0 spiro atoms. The van der Waals surface area contributed by atoms with E-state index in [0.717, 1.165) is 11.1 Å². The summed E-state index contributed by atoms with van der Waals surface area (Å²) < 4.78 is 10.9. The van der Waals surface area contributed by atoms with Crippen LogP contribution in [-0.2, 0) is 9.47 Å². The zero-order chi connectivity index (χ0) is 16.8. The molecule has 5 nitrogen and oxygen atoms in total. The third-order valence-electron chi connectivity index (χ3n) is 3.88. The zero-order valence-electron chi connectivity index (χ0n) is 13.2. The molecule has 1 saturated heterocycles. The number of carbonyl (C=O) groups is 1. The van der Waals surface area contributed by atoms with E-state index >= 15 is 0 Å². The molecule has 0 saturated carbocycles. The van der Waals surface area contributed by atoms with Gasteiger partial charge >= 0.3 is 0 Å². The van der Waals surface area contributed by atoms with Crippen LogP contribution in [0.25, 0.3) is 11.1 Å². The molecule has 0 radical (unpaired) electrons. The second-order valence-corrected chi connectivity index (χ2v) is 5.48. The standard InChI is InChI=1S/C19H18N2O3/c20-11-14-5-1-2-6-16(14)17-7-3-4-8-18(17)19(22)21-12-15-13-23-9-10-24-15/h1-8,15H,9-10,12-13H2,(H,21,22)/t15-/m1/s1. The summed E-state index contributed by atoms with van der Waals surface area (Å²) in [6.07, 6.45) is -0.124. The van der Waals surface area contributed by atoms with E-state index in [1.165, 1.54) is 0 Å². The first kappa shape index (κ1) is 16.2. The molecule has 1 heterocycles. The highest BCUT2D eigenvalue weighted by atomic mass is 16.6. The minimum Gasteiger partial charge on any atom is -0.376 e. The van der Waals surface area contributed by atoms with Gasteiger partial charge in [0.2, 0.25) is 0 Å². The molecule has 1 aliphatic heterocycles. The van der Waals surface area contributed by atoms with Gasteiger partial charge in [-0.25, -0.2) is 0 Å². The third kappa shape index (κ3) is 3.62. The van der Waals surface area contributed by atoms with Crippen molar-refractivity contribution >= 4 is 5.91 Å². The van der Waals surface area contributed by atoms with Gasteiger partial charge in [0.05, 0.1) is 37.6 Å². The topological polar surface area (TPSA) is 71.4 Å². The molecule has 122 valence electrons. The van der Waals surface area contributed by atoms with Gasteiger partial charge in [0.25, 0.3) is 5.91 Å². The fourth-order valence-electron chi connectivity index (χ4n) is 2.69. The molecule has 1 fully saturated rings. The van der Waals surface area contributed by atoms with E-state index in [0.29, 0.717) is 37.5 Å². The van der Waals surface area contributed by atoms with Crippen LogP contribution in [-0.4, -0.2) is 38.4 Å². The van der Waals surface area contributed by atoms with Gasteiger partial charge in [-0.3, -0.25) is 4.79 Å². The van der Waals surface area contributed by atoms with Crippen molar-refractivity contribution in [1.29, 1.82) is 5.26 Å². The van der Waals surface area contributed by atoms with Crippen LogP contribution in [0.15, 0.2) is 48.5 Å². The van der Waals surface area contributed by atoms with Crippen molar-refractivity contribution in [1.82, 2.24) is 5.32 Å². The molecule has 2 aromatic rings. The number of hydrogen-bond acceptors (Lipinski definition) is 4. The smallest absolute Gasteiger partial charge is 0.252 e. The van der Waals surface area contributed by atoms with Crippen molar-refractivity contribution in [2.45, 2.75) is 6.10 Å². The van der Waals surface area contributed by atoms with Gasteiger partial charge in [-0.2, -0.15) is 5.26 Å². The second kappa shape index (κ2) is 7.73. The summed E-state index contributed by atoms with van der Waals surface area (Å²) in [5.41, 5.74) is 2.58. The Morgan fingerprint density at radius 3 is 2.62 bits per heavy atom. The molecule has 2 aromatic carbocycles. The largest absolute Gasteiger partial charge is 0.376 e. The lowest BCUT2D eigenvalue weighted by molar-refractivity contribution is -0.0855. The Labute approximate surface area is 140 Å². The number of nitrogens with one attached hydrogen (secondary N) is 1. The highest BCUT2D eigenvalue weighted by molar-refractivity contribution is 6.01. The molecular weight excluding hydrogens is 304 g/mol. The molecule has 24 heavy (non-hydrogen) atoms. The highest BCUT2D eigenvalue weighted by Gasteiger charge is 2.18. The summed E-state index contributed by atoms with van der Waals surface area (Å²) in [5, 5.41) is 12.2. The lowest BCUT2D eigenvalue weighted by atomic mass is 9.95. The monoisotopic (exact) mass is 322 g/mol. The Kier molecular flexibility index (Phi) is 5.22. The average Bonchev–Trinajstić information content (AvgIpc) is 2.67. The maximum atomic E-state index is 12.6. The fraction of sp³-hybridized carbons (Fsp3) is 0.263. The van der Waals surface area contributed by atoms with Gasteiger partial charge in [0, 0.05) is 17.7 Å². The lowest BCUT2D eigenvalue weighted by Gasteiger charge is -2.23. The van der Waals surface area contributed by atoms with Crippen LogP contribution in [0.2, 0.25) is 0 Å². The number of hydrogen-bond donors (Lipinski definition) is 1. The van der Waals surface area contributed by atoms with Crippen LogP contribution in [0.4, 0.5) is 0 Å². The van der Waals surface area contributed by atoms with Gasteiger partial charge in [-0.05, 0) is 17.7 Å². The Morgan fingerprint density at radius 1 is 1.12 bits per heavy atom. The van der Waals surface area contributed by atoms with Crippen molar-refractivity contribution in [2.75, 3.05) is 26.4 Å². The molecule has 0 bridgehead atoms. The van der Waals surface area contributed by atoms with Crippen LogP contribution in [0.1, 0.15) is 15.9 Å². The molecular formula is C19H18N2O3. The summed E-state index contributed by atoms with van der Waals surface area (Å²) in [6, 6.07) is 16.7. The predicted molar refractivity (Wildman–Crippen MR) is 89.5 cm³/mol. The van der Waals surface area contributed by atoms with E-state index in [4.69, 9.17) is 9.47 Å². The minimum atomic E-state index is -0.187. The third-order valence-corrected chi connectivity index (χ3v) is 3.88. The maximum absolute atomic E-state index is 12.6. The second-order valence-electron chi connectivity index (χ2n) is 5.48. The summed E-state index contributed by atoms with van der Waals surface area (Å²) in [4.78, 5) is 12.6. The molecule has 3 rings (SSSR count). The van der Waals surface area contributed by atoms with E-state index < -0.39 is 0 Å². The molecule has 5 heteroatoms. The van der Waals surface area contributed by atoms with Crippen LogP contribution in [0.3, 0.4) is 0 Å². The predicted octanol–water partition coefficient (Wildman–Crippen LogP) is 2.37. The van der Waals surface area contributed by atoms with Crippen molar-refractivity contribution in [2.24, 2.45) is 0 Å². The van der Waals surface area contributed by atoms with Crippen LogP contribution in [0.5, 0.6) is 0 Å². The Hall–Kier alpha value is -2.68. The number of nitriles is 1. The van der Waals surface area contributed by atoms with Gasteiger partial charge < -0.3 is 14.8 Å². The molecule has 1 aliphatic rings. The number of benzene rings is 2. The molecule has 1 N–H and O–H groups in total. The zero-order valence-corrected chi connectivity index (χ0v) is 13.2. The van der Waals surface area contributed by atoms with Gasteiger partial charge in [0.1, 0.15) is 0 Å².